The normalized spacial score (nSPS) is 13.0. The fourth-order valence-electron chi connectivity index (χ4n) is 10.0. The molecule has 5 nitrogen and oxygen atoms in total. The maximum absolute atomic E-state index is 12.4. The summed E-state index contributed by atoms with van der Waals surface area (Å²) < 4.78 is 10.8. The molecule has 0 spiro atoms. The van der Waals surface area contributed by atoms with Gasteiger partial charge in [0.15, 0.2) is 6.10 Å². The van der Waals surface area contributed by atoms with E-state index in [1.165, 1.54) is 212 Å². The van der Waals surface area contributed by atoms with Gasteiger partial charge >= 0.3 is 11.9 Å². The average Bonchev–Trinajstić information content (AvgIpc) is 3.49. The van der Waals surface area contributed by atoms with Crippen molar-refractivity contribution < 1.29 is 24.2 Å². The van der Waals surface area contributed by atoms with Crippen molar-refractivity contribution in [2.45, 2.75) is 341 Å². The van der Waals surface area contributed by atoms with Crippen molar-refractivity contribution in [2.75, 3.05) is 13.2 Å². The lowest BCUT2D eigenvalue weighted by atomic mass is 10.0. The number of carbonyl (C=O) groups excluding carboxylic acids is 2. The molecule has 470 valence electrons. The molecule has 0 aliphatic heterocycles. The standard InChI is InChI=1S/C77H132O5/c1-3-5-7-9-11-13-15-17-19-21-23-25-27-29-31-33-34-35-36-37-38-39-40-41-42-44-46-48-50-52-54-56-58-60-62-64-66-68-70-72-77(80)82-75(73-78)74-81-76(79)71-69-67-65-63-61-59-57-55-53-51-49-47-45-43-32-30-28-26-24-22-20-18-16-14-12-10-8-6-4-2/h5,7,11,13,17,19,22-25,29,31,34-35,37-38,40-41,44,46,75,78H,3-4,6,8-10,12,14-16,18,20-21,26-28,30,32-33,36,39,42-43,45,47-74H2,1-2H3/b7-5-,13-11-,19-17-,24-22-,25-23-,31-29-,35-34-,38-37-,41-40-,46-44-. The quantitative estimate of drug-likeness (QED) is 0.0373. The molecule has 1 unspecified atom stereocenters. The van der Waals surface area contributed by atoms with Gasteiger partial charge in [-0.1, -0.05) is 334 Å². The Morgan fingerprint density at radius 2 is 0.524 bits per heavy atom. The summed E-state index contributed by atoms with van der Waals surface area (Å²) in [6, 6.07) is 0. The topological polar surface area (TPSA) is 72.8 Å². The maximum Gasteiger partial charge on any atom is 0.306 e. The molecule has 0 saturated carbocycles. The molecule has 0 rings (SSSR count). The van der Waals surface area contributed by atoms with E-state index in [2.05, 4.69) is 135 Å². The highest BCUT2D eigenvalue weighted by molar-refractivity contribution is 5.70. The van der Waals surface area contributed by atoms with Crippen LogP contribution in [0.1, 0.15) is 335 Å². The zero-order valence-corrected chi connectivity index (χ0v) is 54.0. The molecule has 0 aliphatic rings. The van der Waals surface area contributed by atoms with Crippen LogP contribution in [0, 0.1) is 0 Å². The van der Waals surface area contributed by atoms with Gasteiger partial charge in [-0.2, -0.15) is 0 Å². The van der Waals surface area contributed by atoms with Crippen molar-refractivity contribution in [3.8, 4) is 0 Å². The van der Waals surface area contributed by atoms with Crippen molar-refractivity contribution in [3.63, 3.8) is 0 Å². The summed E-state index contributed by atoms with van der Waals surface area (Å²) in [6.07, 6.45) is 105. The Labute approximate surface area is 509 Å². The van der Waals surface area contributed by atoms with E-state index >= 15 is 0 Å². The Balaban J connectivity index is 3.51. The first kappa shape index (κ1) is 78.3. The van der Waals surface area contributed by atoms with Crippen LogP contribution in [0.4, 0.5) is 0 Å². The Morgan fingerprint density at radius 1 is 0.293 bits per heavy atom. The smallest absolute Gasteiger partial charge is 0.306 e. The first-order valence-electron chi connectivity index (χ1n) is 35.1. The maximum atomic E-state index is 12.4. The molecule has 0 amide bonds. The van der Waals surface area contributed by atoms with Crippen LogP contribution in [0.25, 0.3) is 0 Å². The van der Waals surface area contributed by atoms with E-state index < -0.39 is 6.10 Å². The molecule has 0 bridgehead atoms. The molecule has 1 atom stereocenters. The molecule has 0 aromatic carbocycles. The number of aliphatic hydroxyl groups excluding tert-OH is 1. The Kier molecular flexibility index (Phi) is 68.3. The fourth-order valence-corrected chi connectivity index (χ4v) is 10.0. The highest BCUT2D eigenvalue weighted by Crippen LogP contribution is 2.17. The van der Waals surface area contributed by atoms with Gasteiger partial charge in [0.1, 0.15) is 6.61 Å². The minimum Gasteiger partial charge on any atom is -0.462 e. The largest absolute Gasteiger partial charge is 0.462 e. The molecule has 0 aliphatic carbocycles. The van der Waals surface area contributed by atoms with Crippen molar-refractivity contribution in [3.05, 3.63) is 122 Å². The van der Waals surface area contributed by atoms with E-state index in [-0.39, 0.29) is 25.2 Å². The number of allylic oxidation sites excluding steroid dienone is 20. The third kappa shape index (κ3) is 68.8. The number of ether oxygens (including phenoxy) is 2. The van der Waals surface area contributed by atoms with Gasteiger partial charge in [-0.05, 0) is 109 Å². The molecule has 0 heterocycles. The molecular weight excluding hydrogens is 1000 g/mol. The molecule has 0 aromatic heterocycles. The van der Waals surface area contributed by atoms with E-state index in [0.29, 0.717) is 12.8 Å². The van der Waals surface area contributed by atoms with Crippen LogP contribution in [0.15, 0.2) is 122 Å². The van der Waals surface area contributed by atoms with Crippen LogP contribution in [0.3, 0.4) is 0 Å². The monoisotopic (exact) mass is 1140 g/mol. The summed E-state index contributed by atoms with van der Waals surface area (Å²) in [5.41, 5.74) is 0. The zero-order valence-electron chi connectivity index (χ0n) is 54.0. The highest BCUT2D eigenvalue weighted by Gasteiger charge is 2.16. The summed E-state index contributed by atoms with van der Waals surface area (Å²) in [4.78, 5) is 24.7. The second-order valence-corrected chi connectivity index (χ2v) is 23.2. The van der Waals surface area contributed by atoms with Crippen LogP contribution in [0.5, 0.6) is 0 Å². The first-order chi connectivity index (χ1) is 40.6. The summed E-state index contributed by atoms with van der Waals surface area (Å²) in [5, 5.41) is 9.70. The second kappa shape index (κ2) is 71.6. The highest BCUT2D eigenvalue weighted by atomic mass is 16.6. The summed E-state index contributed by atoms with van der Waals surface area (Å²) >= 11 is 0. The third-order valence-electron chi connectivity index (χ3n) is 15.2. The molecule has 1 N–H and O–H groups in total. The second-order valence-electron chi connectivity index (χ2n) is 23.2. The van der Waals surface area contributed by atoms with Gasteiger partial charge in [-0.15, -0.1) is 0 Å². The van der Waals surface area contributed by atoms with E-state index in [4.69, 9.17) is 9.47 Å². The predicted molar refractivity (Wildman–Crippen MR) is 362 cm³/mol. The fraction of sp³-hybridized carbons (Fsp3) is 0.714. The van der Waals surface area contributed by atoms with Gasteiger partial charge in [-0.3, -0.25) is 9.59 Å². The first-order valence-corrected chi connectivity index (χ1v) is 35.1. The molecule has 0 fully saturated rings. The van der Waals surface area contributed by atoms with E-state index in [9.17, 15) is 14.7 Å². The number of hydrogen-bond donors (Lipinski definition) is 1. The van der Waals surface area contributed by atoms with E-state index in [1.54, 1.807) is 0 Å². The summed E-state index contributed by atoms with van der Waals surface area (Å²) in [7, 11) is 0. The number of carbonyl (C=O) groups is 2. The van der Waals surface area contributed by atoms with Crippen molar-refractivity contribution in [1.82, 2.24) is 0 Å². The van der Waals surface area contributed by atoms with E-state index in [1.807, 2.05) is 0 Å². The molecule has 5 heteroatoms. The molecule has 0 aromatic rings. The summed E-state index contributed by atoms with van der Waals surface area (Å²) in [5.74, 6) is -0.586. The molecule has 0 radical (unpaired) electrons. The van der Waals surface area contributed by atoms with Gasteiger partial charge < -0.3 is 14.6 Å². The Bertz CT molecular complexity index is 1620. The SMILES string of the molecule is CC/C=C\C/C=C\C/C=C\C/C=C\C/C=C\C/C=C\C/C=C\C/C=C\C/C=C\CCCCCCCCCCCCCC(=O)OC(CO)COC(=O)CCCCCCCCCCCCCCCCCCC/C=C\CCCCCCCCCC. The van der Waals surface area contributed by atoms with Crippen molar-refractivity contribution in [1.29, 1.82) is 0 Å². The number of rotatable bonds is 64. The number of esters is 2. The average molecular weight is 1140 g/mol. The van der Waals surface area contributed by atoms with Gasteiger partial charge in [0.25, 0.3) is 0 Å². The van der Waals surface area contributed by atoms with Crippen molar-refractivity contribution >= 4 is 11.9 Å². The van der Waals surface area contributed by atoms with E-state index in [0.717, 1.165) is 96.3 Å². The predicted octanol–water partition coefficient (Wildman–Crippen LogP) is 24.5. The molecular formula is C77H132O5. The van der Waals surface area contributed by atoms with Gasteiger partial charge in [0, 0.05) is 12.8 Å². The van der Waals surface area contributed by atoms with Gasteiger partial charge in [-0.25, -0.2) is 0 Å². The van der Waals surface area contributed by atoms with Gasteiger partial charge in [0.2, 0.25) is 0 Å². The minimum absolute atomic E-state index is 0.0690. The lowest BCUT2D eigenvalue weighted by Crippen LogP contribution is -2.28. The molecule has 82 heavy (non-hydrogen) atoms. The van der Waals surface area contributed by atoms with Crippen LogP contribution in [-0.2, 0) is 19.1 Å². The number of aliphatic hydroxyl groups is 1. The van der Waals surface area contributed by atoms with Crippen LogP contribution in [0.2, 0.25) is 0 Å². The number of unbranched alkanes of at least 4 members (excludes halogenated alkanes) is 36. The zero-order chi connectivity index (χ0) is 59.1. The summed E-state index contributed by atoms with van der Waals surface area (Å²) in [6.45, 7) is 4.05. The number of hydrogen-bond acceptors (Lipinski definition) is 5. The Hall–Kier alpha value is -3.70. The lowest BCUT2D eigenvalue weighted by Gasteiger charge is -2.15. The van der Waals surface area contributed by atoms with Crippen LogP contribution >= 0.6 is 0 Å². The lowest BCUT2D eigenvalue weighted by molar-refractivity contribution is -0.161. The Morgan fingerprint density at radius 3 is 0.805 bits per heavy atom. The third-order valence-corrected chi connectivity index (χ3v) is 15.2. The van der Waals surface area contributed by atoms with Crippen LogP contribution < -0.4 is 0 Å². The van der Waals surface area contributed by atoms with Gasteiger partial charge in [0.05, 0.1) is 6.61 Å². The molecule has 0 saturated heterocycles. The minimum atomic E-state index is -0.781. The van der Waals surface area contributed by atoms with Crippen LogP contribution in [-0.4, -0.2) is 36.4 Å². The van der Waals surface area contributed by atoms with Crippen molar-refractivity contribution in [2.24, 2.45) is 0 Å².